The molecule has 0 amide bonds. The van der Waals surface area contributed by atoms with Crippen molar-refractivity contribution < 1.29 is 4.52 Å². The minimum atomic E-state index is 0.367. The van der Waals surface area contributed by atoms with Gasteiger partial charge in [-0.05, 0) is 37.4 Å². The van der Waals surface area contributed by atoms with Crippen molar-refractivity contribution in [2.45, 2.75) is 31.7 Å². The van der Waals surface area contributed by atoms with Crippen LogP contribution in [0.3, 0.4) is 0 Å². The molecule has 0 spiro atoms. The van der Waals surface area contributed by atoms with Crippen molar-refractivity contribution in [1.29, 1.82) is 0 Å². The smallest absolute Gasteiger partial charge is 0.230 e. The predicted octanol–water partition coefficient (Wildman–Crippen LogP) is 4.26. The number of hydrogen-bond acceptors (Lipinski definition) is 4. The van der Waals surface area contributed by atoms with Gasteiger partial charge in [-0.25, -0.2) is 0 Å². The molecule has 1 aromatic heterocycles. The van der Waals surface area contributed by atoms with Crippen molar-refractivity contribution in [2.75, 3.05) is 6.54 Å². The molecule has 122 valence electrons. The Labute approximate surface area is 141 Å². The van der Waals surface area contributed by atoms with E-state index in [0.717, 1.165) is 30.8 Å². The van der Waals surface area contributed by atoms with Gasteiger partial charge in [0.1, 0.15) is 0 Å². The van der Waals surface area contributed by atoms with E-state index in [9.17, 15) is 0 Å². The Morgan fingerprint density at radius 2 is 1.67 bits per heavy atom. The summed E-state index contributed by atoms with van der Waals surface area (Å²) in [6.07, 6.45) is 2.10. The van der Waals surface area contributed by atoms with Gasteiger partial charge in [-0.15, -0.1) is 0 Å². The zero-order valence-electron chi connectivity index (χ0n) is 13.8. The molecule has 2 heterocycles. The maximum Gasteiger partial charge on any atom is 0.230 e. The summed E-state index contributed by atoms with van der Waals surface area (Å²) in [4.78, 5) is 4.64. The molecule has 2 aromatic carbocycles. The first-order valence-corrected chi connectivity index (χ1v) is 8.52. The van der Waals surface area contributed by atoms with E-state index in [1.807, 2.05) is 6.07 Å². The Morgan fingerprint density at radius 3 is 2.42 bits per heavy atom. The first kappa shape index (κ1) is 15.1. The number of rotatable bonds is 3. The average molecular weight is 319 g/mol. The number of aromatic nitrogens is 2. The van der Waals surface area contributed by atoms with E-state index < -0.39 is 0 Å². The highest BCUT2D eigenvalue weighted by atomic mass is 16.5. The van der Waals surface area contributed by atoms with Crippen molar-refractivity contribution in [2.24, 2.45) is 0 Å². The van der Waals surface area contributed by atoms with E-state index in [1.165, 1.54) is 11.1 Å². The molecule has 0 bridgehead atoms. The third-order valence-corrected chi connectivity index (χ3v) is 4.66. The number of nitrogens with zero attached hydrogens (tertiary/aromatic N) is 2. The second-order valence-corrected chi connectivity index (χ2v) is 6.48. The van der Waals surface area contributed by atoms with Crippen molar-refractivity contribution in [3.8, 4) is 22.5 Å². The second-order valence-electron chi connectivity index (χ2n) is 6.48. The van der Waals surface area contributed by atoms with Gasteiger partial charge in [-0.3, -0.25) is 0 Å². The molecule has 1 aliphatic heterocycles. The largest absolute Gasteiger partial charge is 0.339 e. The summed E-state index contributed by atoms with van der Waals surface area (Å²) in [5.74, 6) is 1.81. The Balaban J connectivity index is 1.54. The van der Waals surface area contributed by atoms with E-state index >= 15 is 0 Å². The zero-order valence-corrected chi connectivity index (χ0v) is 13.8. The van der Waals surface area contributed by atoms with E-state index in [1.54, 1.807) is 0 Å². The van der Waals surface area contributed by atoms with E-state index in [4.69, 9.17) is 4.52 Å². The number of nitrogens with one attached hydrogen (secondary N) is 1. The topological polar surface area (TPSA) is 51.0 Å². The second kappa shape index (κ2) is 6.57. The molecule has 4 rings (SSSR count). The van der Waals surface area contributed by atoms with Crippen LogP contribution in [0.5, 0.6) is 0 Å². The van der Waals surface area contributed by atoms with E-state index in [0.29, 0.717) is 17.8 Å². The molecular formula is C20H21N3O. The third-order valence-electron chi connectivity index (χ3n) is 4.66. The summed E-state index contributed by atoms with van der Waals surface area (Å²) in [6.45, 7) is 3.21. The van der Waals surface area contributed by atoms with Crippen LogP contribution in [0.4, 0.5) is 0 Å². The fraction of sp³-hybridized carbons (Fsp3) is 0.300. The maximum absolute atomic E-state index is 5.53. The maximum atomic E-state index is 5.53. The van der Waals surface area contributed by atoms with Crippen LogP contribution in [0.15, 0.2) is 59.1 Å². The van der Waals surface area contributed by atoms with Crippen LogP contribution in [0, 0.1) is 0 Å². The number of hydrogen-bond donors (Lipinski definition) is 1. The highest BCUT2D eigenvalue weighted by Gasteiger charge is 2.25. The van der Waals surface area contributed by atoms with Gasteiger partial charge in [-0.2, -0.15) is 4.98 Å². The molecule has 4 heteroatoms. The van der Waals surface area contributed by atoms with Crippen LogP contribution in [0.2, 0.25) is 0 Å². The van der Waals surface area contributed by atoms with Gasteiger partial charge in [0, 0.05) is 17.5 Å². The summed E-state index contributed by atoms with van der Waals surface area (Å²) >= 11 is 0. The lowest BCUT2D eigenvalue weighted by atomic mass is 9.93. The van der Waals surface area contributed by atoms with Gasteiger partial charge in [0.25, 0.3) is 0 Å². The molecule has 2 atom stereocenters. The van der Waals surface area contributed by atoms with E-state index in [-0.39, 0.29) is 0 Å². The van der Waals surface area contributed by atoms with Gasteiger partial charge in [0.15, 0.2) is 0 Å². The summed E-state index contributed by atoms with van der Waals surface area (Å²) < 4.78 is 5.53. The lowest BCUT2D eigenvalue weighted by molar-refractivity contribution is 0.295. The highest BCUT2D eigenvalue weighted by Crippen LogP contribution is 2.29. The van der Waals surface area contributed by atoms with Gasteiger partial charge in [0.2, 0.25) is 11.7 Å². The Hall–Kier alpha value is -2.46. The normalized spacial score (nSPS) is 20.9. The van der Waals surface area contributed by atoms with Crippen LogP contribution in [0.1, 0.15) is 31.6 Å². The van der Waals surface area contributed by atoms with Crippen LogP contribution in [-0.2, 0) is 0 Å². The van der Waals surface area contributed by atoms with Crippen molar-refractivity contribution >= 4 is 0 Å². The van der Waals surface area contributed by atoms with Crippen molar-refractivity contribution in [3.63, 3.8) is 0 Å². The minimum absolute atomic E-state index is 0.367. The molecular weight excluding hydrogens is 298 g/mol. The highest BCUT2D eigenvalue weighted by molar-refractivity contribution is 5.67. The van der Waals surface area contributed by atoms with Crippen LogP contribution < -0.4 is 5.32 Å². The molecule has 3 aromatic rings. The fourth-order valence-electron chi connectivity index (χ4n) is 3.32. The molecule has 1 saturated heterocycles. The van der Waals surface area contributed by atoms with Gasteiger partial charge in [-0.1, -0.05) is 59.8 Å². The van der Waals surface area contributed by atoms with Gasteiger partial charge in [0.05, 0.1) is 0 Å². The minimum Gasteiger partial charge on any atom is -0.339 e. The lowest BCUT2D eigenvalue weighted by Gasteiger charge is -2.25. The van der Waals surface area contributed by atoms with Crippen molar-refractivity contribution in [3.05, 3.63) is 60.5 Å². The van der Waals surface area contributed by atoms with Crippen molar-refractivity contribution in [1.82, 2.24) is 15.5 Å². The lowest BCUT2D eigenvalue weighted by Crippen LogP contribution is -2.34. The fourth-order valence-corrected chi connectivity index (χ4v) is 3.32. The quantitative estimate of drug-likeness (QED) is 0.783. The van der Waals surface area contributed by atoms with Crippen LogP contribution >= 0.6 is 0 Å². The van der Waals surface area contributed by atoms with Gasteiger partial charge >= 0.3 is 0 Å². The molecule has 0 unspecified atom stereocenters. The van der Waals surface area contributed by atoms with Crippen LogP contribution in [0.25, 0.3) is 22.5 Å². The standard InChI is InChI=1S/C20H21N3O/c1-14-13-18(11-12-21-14)20-22-19(23-24-20)17-9-7-16(8-10-17)15-5-3-2-4-6-15/h2-10,14,18,21H,11-13H2,1H3/t14-,18-/m0/s1. The summed E-state index contributed by atoms with van der Waals surface area (Å²) in [5, 5.41) is 7.63. The SMILES string of the molecule is C[C@H]1C[C@@H](c2nc(-c3ccc(-c4ccccc4)cc3)no2)CCN1. The molecule has 0 radical (unpaired) electrons. The number of piperidine rings is 1. The molecule has 1 N–H and O–H groups in total. The first-order chi connectivity index (χ1) is 11.8. The molecule has 1 fully saturated rings. The van der Waals surface area contributed by atoms with E-state index in [2.05, 4.69) is 70.9 Å². The summed E-state index contributed by atoms with van der Waals surface area (Å²) in [5.41, 5.74) is 3.39. The molecule has 24 heavy (non-hydrogen) atoms. The van der Waals surface area contributed by atoms with Crippen LogP contribution in [-0.4, -0.2) is 22.7 Å². The summed E-state index contributed by atoms with van der Waals surface area (Å²) in [6, 6.07) is 19.2. The predicted molar refractivity (Wildman–Crippen MR) is 94.6 cm³/mol. The Bertz CT molecular complexity index is 795. The summed E-state index contributed by atoms with van der Waals surface area (Å²) in [7, 11) is 0. The average Bonchev–Trinajstić information content (AvgIpc) is 3.13. The molecule has 4 nitrogen and oxygen atoms in total. The monoisotopic (exact) mass is 319 g/mol. The Kier molecular flexibility index (Phi) is 4.13. The zero-order chi connectivity index (χ0) is 16.4. The Morgan fingerprint density at radius 1 is 0.958 bits per heavy atom. The van der Waals surface area contributed by atoms with Gasteiger partial charge < -0.3 is 9.84 Å². The number of benzene rings is 2. The first-order valence-electron chi connectivity index (χ1n) is 8.52. The third kappa shape index (κ3) is 3.10. The molecule has 0 aliphatic carbocycles. The molecule has 1 aliphatic rings. The molecule has 0 saturated carbocycles.